The van der Waals surface area contributed by atoms with Crippen LogP contribution in [0.1, 0.15) is 6.92 Å². The lowest BCUT2D eigenvalue weighted by Crippen LogP contribution is -2.17. The summed E-state index contributed by atoms with van der Waals surface area (Å²) in [5.41, 5.74) is 1.05. The Kier molecular flexibility index (Phi) is 5.08. The van der Waals surface area contributed by atoms with E-state index in [1.54, 1.807) is 24.3 Å². The smallest absolute Gasteiger partial charge is 0.281 e. The number of hydrogen-bond acceptors (Lipinski definition) is 5. The fraction of sp³-hybridized carbons (Fsp3) is 0.214. The maximum Gasteiger partial charge on any atom is 0.281 e. The molecule has 0 bridgehead atoms. The lowest BCUT2D eigenvalue weighted by Gasteiger charge is -2.13. The lowest BCUT2D eigenvalue weighted by molar-refractivity contribution is 0.598. The molecule has 0 saturated heterocycles. The topological polar surface area (TPSA) is 71.1 Å². The van der Waals surface area contributed by atoms with E-state index in [2.05, 4.69) is 15.0 Å². The van der Waals surface area contributed by atoms with Crippen LogP contribution in [0, 0.1) is 0 Å². The van der Waals surface area contributed by atoms with Crippen molar-refractivity contribution >= 4 is 33.2 Å². The van der Waals surface area contributed by atoms with Crippen LogP contribution in [-0.4, -0.2) is 26.2 Å². The number of anilines is 2. The Labute approximate surface area is 129 Å². The lowest BCUT2D eigenvalue weighted by atomic mass is 10.3. The molecular weight excluding hydrogens is 306 g/mol. The third-order valence-corrected chi connectivity index (χ3v) is 4.86. The first-order valence-electron chi connectivity index (χ1n) is 6.43. The van der Waals surface area contributed by atoms with Crippen LogP contribution in [0.3, 0.4) is 0 Å². The highest BCUT2D eigenvalue weighted by molar-refractivity contribution is 7.99. The SMILES string of the molecule is CCNc1cccnc1S(=O)(=O)Nc1ccccc1SC. The highest BCUT2D eigenvalue weighted by Gasteiger charge is 2.21. The monoisotopic (exact) mass is 323 g/mol. The van der Waals surface area contributed by atoms with Crippen molar-refractivity contribution < 1.29 is 8.42 Å². The Hall–Kier alpha value is -1.73. The molecule has 21 heavy (non-hydrogen) atoms. The Morgan fingerprint density at radius 3 is 2.57 bits per heavy atom. The minimum absolute atomic E-state index is 0.00255. The van der Waals surface area contributed by atoms with Crippen LogP contribution in [0.4, 0.5) is 11.4 Å². The molecule has 0 aliphatic heterocycles. The van der Waals surface area contributed by atoms with Crippen molar-refractivity contribution in [3.8, 4) is 0 Å². The van der Waals surface area contributed by atoms with Crippen LogP contribution in [0.2, 0.25) is 0 Å². The number of hydrogen-bond donors (Lipinski definition) is 2. The maximum absolute atomic E-state index is 12.5. The molecule has 0 fully saturated rings. The first kappa shape index (κ1) is 15.7. The first-order valence-corrected chi connectivity index (χ1v) is 9.14. The van der Waals surface area contributed by atoms with Gasteiger partial charge in [-0.2, -0.15) is 8.42 Å². The molecule has 0 aliphatic carbocycles. The number of sulfonamides is 1. The molecule has 0 aliphatic rings. The van der Waals surface area contributed by atoms with Gasteiger partial charge in [0.15, 0.2) is 5.03 Å². The number of para-hydroxylation sites is 1. The number of aromatic nitrogens is 1. The van der Waals surface area contributed by atoms with Gasteiger partial charge in [0.1, 0.15) is 0 Å². The normalized spacial score (nSPS) is 11.1. The van der Waals surface area contributed by atoms with Gasteiger partial charge >= 0.3 is 0 Å². The fourth-order valence-electron chi connectivity index (χ4n) is 1.85. The van der Waals surface area contributed by atoms with E-state index in [1.165, 1.54) is 18.0 Å². The fourth-order valence-corrected chi connectivity index (χ4v) is 3.66. The van der Waals surface area contributed by atoms with Gasteiger partial charge in [-0.1, -0.05) is 12.1 Å². The summed E-state index contributed by atoms with van der Waals surface area (Å²) in [6.07, 6.45) is 3.37. The average Bonchev–Trinajstić information content (AvgIpc) is 2.48. The minimum atomic E-state index is -3.74. The molecule has 2 N–H and O–H groups in total. The number of nitrogens with zero attached hydrogens (tertiary/aromatic N) is 1. The van der Waals surface area contributed by atoms with Gasteiger partial charge in [0.05, 0.1) is 11.4 Å². The molecule has 1 heterocycles. The highest BCUT2D eigenvalue weighted by atomic mass is 32.2. The van der Waals surface area contributed by atoms with Gasteiger partial charge in [-0.05, 0) is 37.4 Å². The van der Waals surface area contributed by atoms with Crippen molar-refractivity contribution in [1.82, 2.24) is 4.98 Å². The van der Waals surface area contributed by atoms with Crippen molar-refractivity contribution in [2.75, 3.05) is 22.8 Å². The van der Waals surface area contributed by atoms with Gasteiger partial charge in [0, 0.05) is 17.6 Å². The van der Waals surface area contributed by atoms with Crippen LogP contribution < -0.4 is 10.0 Å². The van der Waals surface area contributed by atoms with E-state index in [0.717, 1.165) is 4.90 Å². The summed E-state index contributed by atoms with van der Waals surface area (Å²) in [5.74, 6) is 0. The first-order chi connectivity index (χ1) is 10.1. The zero-order chi connectivity index (χ0) is 15.3. The summed E-state index contributed by atoms with van der Waals surface area (Å²) >= 11 is 1.48. The predicted octanol–water partition coefficient (Wildman–Crippen LogP) is 3.04. The van der Waals surface area contributed by atoms with E-state index >= 15 is 0 Å². The standard InChI is InChI=1S/C14H17N3O2S2/c1-3-15-12-8-6-10-16-14(12)21(18,19)17-11-7-4-5-9-13(11)20-2/h4-10,15,17H,3H2,1-2H3. The molecule has 5 nitrogen and oxygen atoms in total. The van der Waals surface area contributed by atoms with Gasteiger partial charge in [-0.3, -0.25) is 4.72 Å². The van der Waals surface area contributed by atoms with Gasteiger partial charge in [-0.15, -0.1) is 11.8 Å². The molecule has 112 valence electrons. The maximum atomic E-state index is 12.5. The van der Waals surface area contributed by atoms with E-state index in [9.17, 15) is 8.42 Å². The third kappa shape index (κ3) is 3.68. The third-order valence-electron chi connectivity index (χ3n) is 2.74. The molecule has 2 aromatic rings. The van der Waals surface area contributed by atoms with Crippen LogP contribution in [0.5, 0.6) is 0 Å². The molecule has 0 radical (unpaired) electrons. The van der Waals surface area contributed by atoms with E-state index in [1.807, 2.05) is 25.3 Å². The molecule has 0 unspecified atom stereocenters. The number of pyridine rings is 1. The van der Waals surface area contributed by atoms with Crippen molar-refractivity contribution in [1.29, 1.82) is 0 Å². The van der Waals surface area contributed by atoms with Crippen LogP contribution in [-0.2, 0) is 10.0 Å². The van der Waals surface area contributed by atoms with E-state index < -0.39 is 10.0 Å². The average molecular weight is 323 g/mol. The molecule has 2 rings (SSSR count). The summed E-state index contributed by atoms with van der Waals surface area (Å²) in [7, 11) is -3.74. The van der Waals surface area contributed by atoms with Crippen molar-refractivity contribution in [2.24, 2.45) is 0 Å². The Morgan fingerprint density at radius 1 is 1.14 bits per heavy atom. The molecule has 7 heteroatoms. The highest BCUT2D eigenvalue weighted by Crippen LogP contribution is 2.28. The second kappa shape index (κ2) is 6.82. The Balaban J connectivity index is 2.39. The molecule has 0 spiro atoms. The summed E-state index contributed by atoms with van der Waals surface area (Å²) in [5, 5.41) is 3.01. The van der Waals surface area contributed by atoms with Crippen LogP contribution in [0.15, 0.2) is 52.5 Å². The predicted molar refractivity (Wildman–Crippen MR) is 87.4 cm³/mol. The summed E-state index contributed by atoms with van der Waals surface area (Å²) in [6, 6.07) is 10.7. The summed E-state index contributed by atoms with van der Waals surface area (Å²) in [4.78, 5) is 4.86. The van der Waals surface area contributed by atoms with E-state index in [4.69, 9.17) is 0 Å². The summed E-state index contributed by atoms with van der Waals surface area (Å²) < 4.78 is 27.7. The second-order valence-electron chi connectivity index (χ2n) is 4.19. The molecule has 1 aromatic carbocycles. The van der Waals surface area contributed by atoms with Crippen LogP contribution in [0.25, 0.3) is 0 Å². The van der Waals surface area contributed by atoms with Crippen molar-refractivity contribution in [2.45, 2.75) is 16.8 Å². The van der Waals surface area contributed by atoms with Crippen molar-refractivity contribution in [3.05, 3.63) is 42.6 Å². The minimum Gasteiger partial charge on any atom is -0.383 e. The Morgan fingerprint density at radius 2 is 1.86 bits per heavy atom. The van der Waals surface area contributed by atoms with Gasteiger partial charge in [0.2, 0.25) is 0 Å². The zero-order valence-electron chi connectivity index (χ0n) is 11.8. The van der Waals surface area contributed by atoms with E-state index in [-0.39, 0.29) is 5.03 Å². The quantitative estimate of drug-likeness (QED) is 0.800. The summed E-state index contributed by atoms with van der Waals surface area (Å²) in [6.45, 7) is 2.52. The second-order valence-corrected chi connectivity index (χ2v) is 6.64. The molecule has 0 saturated carbocycles. The molecule has 0 amide bonds. The van der Waals surface area contributed by atoms with Crippen molar-refractivity contribution in [3.63, 3.8) is 0 Å². The van der Waals surface area contributed by atoms with Crippen LogP contribution >= 0.6 is 11.8 Å². The van der Waals surface area contributed by atoms with Gasteiger partial charge in [-0.25, -0.2) is 4.98 Å². The number of benzene rings is 1. The van der Waals surface area contributed by atoms with E-state index in [0.29, 0.717) is 17.9 Å². The van der Waals surface area contributed by atoms with Gasteiger partial charge in [0.25, 0.3) is 10.0 Å². The number of nitrogens with one attached hydrogen (secondary N) is 2. The number of rotatable bonds is 6. The number of thioether (sulfide) groups is 1. The van der Waals surface area contributed by atoms with Gasteiger partial charge < -0.3 is 5.32 Å². The largest absolute Gasteiger partial charge is 0.383 e. The molecule has 1 aromatic heterocycles. The molecule has 0 atom stereocenters. The molecular formula is C14H17N3O2S2. The Bertz CT molecular complexity index is 718. The zero-order valence-corrected chi connectivity index (χ0v) is 13.5.